The number of imidazole rings is 1. The molecular weight excluding hydrogens is 414 g/mol. The van der Waals surface area contributed by atoms with Crippen LogP contribution in [0.3, 0.4) is 0 Å². The quantitative estimate of drug-likeness (QED) is 0.328. The molecule has 152 valence electrons. The standard InChI is InChI=1S/C16H19N9O2S2/c1-10-4-6-11(7-5-10)13-12(8-19-22-14(17)18)25-15(21-13)28-16(23-25)29(26,27)20-9-24(2)3/h4-9H,1-3H3,(H4,17,18,22)/b19-8+,20-9+. The zero-order valence-corrected chi connectivity index (χ0v) is 17.5. The van der Waals surface area contributed by atoms with Crippen LogP contribution in [0.25, 0.3) is 16.2 Å². The first-order valence-corrected chi connectivity index (χ1v) is 10.5. The fourth-order valence-corrected chi connectivity index (χ4v) is 4.24. The molecule has 2 aromatic heterocycles. The molecule has 3 aromatic rings. The molecule has 0 atom stereocenters. The SMILES string of the molecule is Cc1ccc(-c2nc3sc(S(=O)(=O)/N=C/N(C)C)nn3c2/C=N/N=C(N)N)cc1. The summed E-state index contributed by atoms with van der Waals surface area (Å²) >= 11 is 0.902. The minimum absolute atomic E-state index is 0.190. The topological polar surface area (TPSA) is 157 Å². The Labute approximate surface area is 171 Å². The van der Waals surface area contributed by atoms with Crippen LogP contribution in [0.2, 0.25) is 0 Å². The first kappa shape index (κ1) is 20.4. The summed E-state index contributed by atoms with van der Waals surface area (Å²) in [6.45, 7) is 1.98. The summed E-state index contributed by atoms with van der Waals surface area (Å²) in [5.74, 6) is -0.210. The van der Waals surface area contributed by atoms with Gasteiger partial charge in [-0.05, 0) is 6.92 Å². The number of benzene rings is 1. The average molecular weight is 434 g/mol. The van der Waals surface area contributed by atoms with Gasteiger partial charge in [-0.25, -0.2) is 9.50 Å². The summed E-state index contributed by atoms with van der Waals surface area (Å²) in [6, 6.07) is 7.69. The summed E-state index contributed by atoms with van der Waals surface area (Å²) < 4.78 is 29.6. The van der Waals surface area contributed by atoms with Crippen molar-refractivity contribution in [2.24, 2.45) is 26.1 Å². The molecule has 0 fully saturated rings. The van der Waals surface area contributed by atoms with Crippen LogP contribution in [-0.4, -0.2) is 60.5 Å². The molecule has 2 heterocycles. The van der Waals surface area contributed by atoms with E-state index in [4.69, 9.17) is 11.5 Å². The number of fused-ring (bicyclic) bond motifs is 1. The van der Waals surface area contributed by atoms with Crippen molar-refractivity contribution in [3.8, 4) is 11.3 Å². The van der Waals surface area contributed by atoms with Crippen LogP contribution in [0.15, 0.2) is 43.2 Å². The van der Waals surface area contributed by atoms with Crippen molar-refractivity contribution in [2.75, 3.05) is 14.1 Å². The van der Waals surface area contributed by atoms with E-state index in [1.165, 1.54) is 22.0 Å². The van der Waals surface area contributed by atoms with E-state index >= 15 is 0 Å². The summed E-state index contributed by atoms with van der Waals surface area (Å²) in [5, 5.41) is 11.6. The van der Waals surface area contributed by atoms with Gasteiger partial charge < -0.3 is 16.4 Å². The van der Waals surface area contributed by atoms with Crippen LogP contribution in [0.4, 0.5) is 0 Å². The molecule has 0 unspecified atom stereocenters. The van der Waals surface area contributed by atoms with Gasteiger partial charge in [0.2, 0.25) is 10.9 Å². The van der Waals surface area contributed by atoms with Crippen LogP contribution in [-0.2, 0) is 10.0 Å². The molecule has 0 amide bonds. The van der Waals surface area contributed by atoms with Gasteiger partial charge in [-0.1, -0.05) is 41.2 Å². The highest BCUT2D eigenvalue weighted by atomic mass is 32.2. The maximum Gasteiger partial charge on any atom is 0.312 e. The van der Waals surface area contributed by atoms with Crippen molar-refractivity contribution < 1.29 is 8.42 Å². The molecule has 1 aromatic carbocycles. The fourth-order valence-electron chi connectivity index (χ4n) is 2.24. The summed E-state index contributed by atoms with van der Waals surface area (Å²) in [7, 11) is -0.626. The minimum Gasteiger partial charge on any atom is -0.369 e. The second-order valence-electron chi connectivity index (χ2n) is 6.20. The number of aromatic nitrogens is 3. The van der Waals surface area contributed by atoms with Gasteiger partial charge in [-0.15, -0.1) is 14.6 Å². The Balaban J connectivity index is 2.15. The Kier molecular flexibility index (Phi) is 5.61. The first-order valence-electron chi connectivity index (χ1n) is 8.23. The molecule has 3 rings (SSSR count). The lowest BCUT2D eigenvalue weighted by atomic mass is 10.1. The van der Waals surface area contributed by atoms with Gasteiger partial charge in [0.1, 0.15) is 17.7 Å². The van der Waals surface area contributed by atoms with E-state index in [9.17, 15) is 8.42 Å². The van der Waals surface area contributed by atoms with Crippen molar-refractivity contribution in [3.05, 3.63) is 35.5 Å². The molecule has 0 spiro atoms. The van der Waals surface area contributed by atoms with Crippen molar-refractivity contribution in [1.29, 1.82) is 0 Å². The van der Waals surface area contributed by atoms with E-state index in [1.807, 2.05) is 31.2 Å². The van der Waals surface area contributed by atoms with Gasteiger partial charge in [-0.2, -0.15) is 13.5 Å². The number of nitrogens with zero attached hydrogens (tertiary/aromatic N) is 7. The van der Waals surface area contributed by atoms with Crippen molar-refractivity contribution in [1.82, 2.24) is 19.5 Å². The molecule has 0 aliphatic carbocycles. The van der Waals surface area contributed by atoms with Gasteiger partial charge in [0, 0.05) is 19.7 Å². The van der Waals surface area contributed by atoms with Crippen LogP contribution in [0, 0.1) is 6.92 Å². The molecule has 0 saturated heterocycles. The number of guanidine groups is 1. The lowest BCUT2D eigenvalue weighted by Crippen LogP contribution is -2.21. The predicted molar refractivity (Wildman–Crippen MR) is 114 cm³/mol. The lowest BCUT2D eigenvalue weighted by Gasteiger charge is -2.01. The summed E-state index contributed by atoms with van der Waals surface area (Å²) in [4.78, 5) is 6.41. The number of rotatable bonds is 6. The molecule has 4 N–H and O–H groups in total. The molecule has 0 bridgehead atoms. The number of sulfonamides is 1. The zero-order chi connectivity index (χ0) is 21.2. The Morgan fingerprint density at radius 2 is 1.93 bits per heavy atom. The summed E-state index contributed by atoms with van der Waals surface area (Å²) in [6.07, 6.45) is 2.56. The highest BCUT2D eigenvalue weighted by Gasteiger charge is 2.23. The Morgan fingerprint density at radius 1 is 1.24 bits per heavy atom. The van der Waals surface area contributed by atoms with Crippen molar-refractivity contribution in [2.45, 2.75) is 11.3 Å². The van der Waals surface area contributed by atoms with E-state index in [1.54, 1.807) is 14.1 Å². The third-order valence-corrected chi connectivity index (χ3v) is 6.02. The molecular formula is C16H19N9O2S2. The second kappa shape index (κ2) is 7.97. The maximum absolute atomic E-state index is 12.4. The summed E-state index contributed by atoms with van der Waals surface area (Å²) in [5.41, 5.74) is 13.5. The first-order chi connectivity index (χ1) is 13.7. The monoisotopic (exact) mass is 433 g/mol. The van der Waals surface area contributed by atoms with Gasteiger partial charge >= 0.3 is 10.0 Å². The third kappa shape index (κ3) is 4.57. The van der Waals surface area contributed by atoms with E-state index < -0.39 is 10.0 Å². The maximum atomic E-state index is 12.4. The van der Waals surface area contributed by atoms with Gasteiger partial charge in [-0.3, -0.25) is 0 Å². The van der Waals surface area contributed by atoms with E-state index in [-0.39, 0.29) is 10.3 Å². The minimum atomic E-state index is -3.96. The number of nitrogens with two attached hydrogens (primary N) is 2. The van der Waals surface area contributed by atoms with Crippen LogP contribution < -0.4 is 11.5 Å². The van der Waals surface area contributed by atoms with Crippen LogP contribution in [0.1, 0.15) is 11.3 Å². The molecule has 0 aliphatic rings. The Morgan fingerprint density at radius 3 is 2.55 bits per heavy atom. The molecule has 29 heavy (non-hydrogen) atoms. The normalized spacial score (nSPS) is 12.2. The van der Waals surface area contributed by atoms with E-state index in [0.29, 0.717) is 16.3 Å². The predicted octanol–water partition coefficient (Wildman–Crippen LogP) is 0.652. The Hall–Kier alpha value is -3.32. The largest absolute Gasteiger partial charge is 0.369 e. The van der Waals surface area contributed by atoms with Crippen molar-refractivity contribution in [3.63, 3.8) is 0 Å². The number of hydrogen-bond acceptors (Lipinski definition) is 7. The molecule has 0 saturated carbocycles. The third-order valence-electron chi connectivity index (χ3n) is 3.54. The zero-order valence-electron chi connectivity index (χ0n) is 15.9. The fraction of sp³-hybridized carbons (Fsp3) is 0.188. The van der Waals surface area contributed by atoms with Gasteiger partial charge in [0.15, 0.2) is 0 Å². The molecule has 13 heteroatoms. The second-order valence-corrected chi connectivity index (χ2v) is 8.97. The van der Waals surface area contributed by atoms with Gasteiger partial charge in [0.05, 0.1) is 6.21 Å². The average Bonchev–Trinajstić information content (AvgIpc) is 3.20. The van der Waals surface area contributed by atoms with Crippen LogP contribution >= 0.6 is 11.3 Å². The highest BCUT2D eigenvalue weighted by molar-refractivity contribution is 7.92. The van der Waals surface area contributed by atoms with Gasteiger partial charge in [0.25, 0.3) is 4.34 Å². The van der Waals surface area contributed by atoms with Crippen molar-refractivity contribution >= 4 is 44.8 Å². The smallest absolute Gasteiger partial charge is 0.312 e. The van der Waals surface area contributed by atoms with E-state index in [2.05, 4.69) is 24.7 Å². The number of aryl methyl sites for hydroxylation is 1. The molecule has 0 radical (unpaired) electrons. The Bertz CT molecular complexity index is 1220. The molecule has 0 aliphatic heterocycles. The van der Waals surface area contributed by atoms with E-state index in [0.717, 1.165) is 22.5 Å². The van der Waals surface area contributed by atoms with Crippen LogP contribution in [0.5, 0.6) is 0 Å². The highest BCUT2D eigenvalue weighted by Crippen LogP contribution is 2.28. The molecule has 11 nitrogen and oxygen atoms in total. The number of hydrogen-bond donors (Lipinski definition) is 2. The lowest BCUT2D eigenvalue weighted by molar-refractivity contribution is 0.592.